The standard InChI is InChI=1S/C28H30ClFN2O3/c1-18-12-19(8-10-25(18)30)21-13-22(17-32(16-21)15-20-6-4-5-7-24(20)29)28(33)31-26-11-9-23(34-2)14-27(26)35-3/h4-12,14,21-22H,13,15-17H2,1-3H3,(H,31,33). The highest BCUT2D eigenvalue weighted by molar-refractivity contribution is 6.31. The van der Waals surface area contributed by atoms with Crippen LogP contribution in [0, 0.1) is 18.7 Å². The van der Waals surface area contributed by atoms with Crippen molar-refractivity contribution >= 4 is 23.2 Å². The number of likely N-dealkylation sites (tertiary alicyclic amines) is 1. The van der Waals surface area contributed by atoms with Gasteiger partial charge in [-0.3, -0.25) is 9.69 Å². The Balaban J connectivity index is 1.58. The second-order valence-electron chi connectivity index (χ2n) is 8.98. The fraction of sp³-hybridized carbons (Fsp3) is 0.321. The zero-order valence-corrected chi connectivity index (χ0v) is 20.9. The molecule has 2 unspecified atom stereocenters. The predicted molar refractivity (Wildman–Crippen MR) is 137 cm³/mol. The number of aryl methyl sites for hydroxylation is 1. The van der Waals surface area contributed by atoms with Crippen molar-refractivity contribution in [1.29, 1.82) is 0 Å². The summed E-state index contributed by atoms with van der Waals surface area (Å²) in [5.41, 5.74) is 3.25. The minimum atomic E-state index is -0.270. The number of anilines is 1. The van der Waals surface area contributed by atoms with E-state index < -0.39 is 0 Å². The molecule has 2 atom stereocenters. The first kappa shape index (κ1) is 25.0. The summed E-state index contributed by atoms with van der Waals surface area (Å²) < 4.78 is 24.6. The first-order chi connectivity index (χ1) is 16.9. The lowest BCUT2D eigenvalue weighted by molar-refractivity contribution is -0.121. The molecular formula is C28H30ClFN2O3. The van der Waals surface area contributed by atoms with E-state index >= 15 is 0 Å². The number of halogens is 2. The van der Waals surface area contributed by atoms with Gasteiger partial charge in [-0.05, 0) is 60.2 Å². The molecular weight excluding hydrogens is 467 g/mol. The summed E-state index contributed by atoms with van der Waals surface area (Å²) in [5, 5.41) is 3.74. The summed E-state index contributed by atoms with van der Waals surface area (Å²) in [5.74, 6) is 0.689. The first-order valence-electron chi connectivity index (χ1n) is 11.6. The van der Waals surface area contributed by atoms with Crippen molar-refractivity contribution in [2.24, 2.45) is 5.92 Å². The quantitative estimate of drug-likeness (QED) is 0.432. The molecule has 7 heteroatoms. The molecule has 1 aliphatic heterocycles. The number of amides is 1. The number of nitrogens with one attached hydrogen (secondary N) is 1. The monoisotopic (exact) mass is 496 g/mol. The normalized spacial score (nSPS) is 18.2. The average molecular weight is 497 g/mol. The Hall–Kier alpha value is -3.09. The Morgan fingerprint density at radius 2 is 1.89 bits per heavy atom. The van der Waals surface area contributed by atoms with Crippen molar-refractivity contribution in [2.75, 3.05) is 32.6 Å². The molecule has 35 heavy (non-hydrogen) atoms. The molecule has 1 aliphatic rings. The summed E-state index contributed by atoms with van der Waals surface area (Å²) in [7, 11) is 3.14. The fourth-order valence-electron chi connectivity index (χ4n) is 4.68. The molecule has 3 aromatic carbocycles. The number of methoxy groups -OCH3 is 2. The van der Waals surface area contributed by atoms with Gasteiger partial charge in [-0.15, -0.1) is 0 Å². The summed E-state index contributed by atoms with van der Waals surface area (Å²) in [6, 6.07) is 18.3. The average Bonchev–Trinajstić information content (AvgIpc) is 2.87. The number of hydrogen-bond donors (Lipinski definition) is 1. The molecule has 3 aromatic rings. The van der Waals surface area contributed by atoms with Crippen LogP contribution in [0.25, 0.3) is 0 Å². The second kappa shape index (κ2) is 11.1. The largest absolute Gasteiger partial charge is 0.497 e. The number of hydrogen-bond acceptors (Lipinski definition) is 4. The van der Waals surface area contributed by atoms with Gasteiger partial charge in [0, 0.05) is 30.7 Å². The maximum absolute atomic E-state index is 13.9. The van der Waals surface area contributed by atoms with Gasteiger partial charge in [0.1, 0.15) is 17.3 Å². The van der Waals surface area contributed by atoms with Crippen LogP contribution in [0.4, 0.5) is 10.1 Å². The van der Waals surface area contributed by atoms with Gasteiger partial charge >= 0.3 is 0 Å². The third-order valence-electron chi connectivity index (χ3n) is 6.57. The van der Waals surface area contributed by atoms with E-state index in [9.17, 15) is 9.18 Å². The highest BCUT2D eigenvalue weighted by Gasteiger charge is 2.33. The molecule has 0 bridgehead atoms. The van der Waals surface area contributed by atoms with Gasteiger partial charge in [-0.2, -0.15) is 0 Å². The Morgan fingerprint density at radius 3 is 2.60 bits per heavy atom. The second-order valence-corrected chi connectivity index (χ2v) is 9.39. The van der Waals surface area contributed by atoms with Crippen LogP contribution in [0.3, 0.4) is 0 Å². The Labute approximate surface area is 210 Å². The fourth-order valence-corrected chi connectivity index (χ4v) is 4.87. The minimum Gasteiger partial charge on any atom is -0.497 e. The van der Waals surface area contributed by atoms with E-state index in [0.717, 1.165) is 17.7 Å². The summed E-state index contributed by atoms with van der Waals surface area (Å²) >= 11 is 6.43. The van der Waals surface area contributed by atoms with Crippen LogP contribution < -0.4 is 14.8 Å². The van der Waals surface area contributed by atoms with Crippen molar-refractivity contribution in [2.45, 2.75) is 25.8 Å². The number of carbonyl (C=O) groups excluding carboxylic acids is 1. The molecule has 1 fully saturated rings. The van der Waals surface area contributed by atoms with Crippen LogP contribution in [0.5, 0.6) is 11.5 Å². The summed E-state index contributed by atoms with van der Waals surface area (Å²) in [6.45, 7) is 3.74. The zero-order chi connectivity index (χ0) is 24.9. The van der Waals surface area contributed by atoms with Gasteiger partial charge in [0.25, 0.3) is 0 Å². The molecule has 4 rings (SSSR count). The van der Waals surface area contributed by atoms with Crippen LogP contribution in [0.2, 0.25) is 5.02 Å². The van der Waals surface area contributed by atoms with E-state index in [-0.39, 0.29) is 23.6 Å². The lowest BCUT2D eigenvalue weighted by Crippen LogP contribution is -2.43. The molecule has 0 radical (unpaired) electrons. The lowest BCUT2D eigenvalue weighted by Gasteiger charge is -2.37. The molecule has 0 aliphatic carbocycles. The van der Waals surface area contributed by atoms with Crippen molar-refractivity contribution in [1.82, 2.24) is 4.90 Å². The van der Waals surface area contributed by atoms with Gasteiger partial charge in [0.05, 0.1) is 25.8 Å². The SMILES string of the molecule is COc1ccc(NC(=O)C2CC(c3ccc(F)c(C)c3)CN(Cc3ccccc3Cl)C2)c(OC)c1. The highest BCUT2D eigenvalue weighted by Crippen LogP contribution is 2.35. The van der Waals surface area contributed by atoms with E-state index in [2.05, 4.69) is 10.2 Å². The Morgan fingerprint density at radius 1 is 1.09 bits per heavy atom. The van der Waals surface area contributed by atoms with Crippen molar-refractivity contribution < 1.29 is 18.7 Å². The van der Waals surface area contributed by atoms with Crippen LogP contribution in [-0.4, -0.2) is 38.1 Å². The summed E-state index contributed by atoms with van der Waals surface area (Å²) in [6.07, 6.45) is 0.661. The topological polar surface area (TPSA) is 50.8 Å². The van der Waals surface area contributed by atoms with Crippen LogP contribution >= 0.6 is 11.6 Å². The molecule has 1 heterocycles. The van der Waals surface area contributed by atoms with Crippen molar-refractivity contribution in [3.63, 3.8) is 0 Å². The van der Waals surface area contributed by atoms with E-state index in [0.29, 0.717) is 47.3 Å². The molecule has 184 valence electrons. The molecule has 0 aromatic heterocycles. The van der Waals surface area contributed by atoms with E-state index in [4.69, 9.17) is 21.1 Å². The number of nitrogens with zero attached hydrogens (tertiary/aromatic N) is 1. The van der Waals surface area contributed by atoms with E-state index in [1.807, 2.05) is 36.4 Å². The number of rotatable bonds is 7. The predicted octanol–water partition coefficient (Wildman–Crippen LogP) is 6.05. The molecule has 5 nitrogen and oxygen atoms in total. The van der Waals surface area contributed by atoms with Crippen LogP contribution in [0.15, 0.2) is 60.7 Å². The zero-order valence-electron chi connectivity index (χ0n) is 20.2. The Kier molecular flexibility index (Phi) is 7.93. The highest BCUT2D eigenvalue weighted by atomic mass is 35.5. The molecule has 1 saturated heterocycles. The Bertz CT molecular complexity index is 1200. The maximum atomic E-state index is 13.9. The van der Waals surface area contributed by atoms with Gasteiger partial charge in [0.15, 0.2) is 0 Å². The molecule has 0 spiro atoms. The van der Waals surface area contributed by atoms with Gasteiger partial charge in [-0.25, -0.2) is 4.39 Å². The van der Waals surface area contributed by atoms with Gasteiger partial charge in [-0.1, -0.05) is 41.9 Å². The van der Waals surface area contributed by atoms with E-state index in [1.165, 1.54) is 6.07 Å². The number of ether oxygens (including phenoxy) is 2. The molecule has 1 amide bonds. The maximum Gasteiger partial charge on any atom is 0.228 e. The third-order valence-corrected chi connectivity index (χ3v) is 6.94. The number of piperidine rings is 1. The third kappa shape index (κ3) is 5.95. The number of carbonyl (C=O) groups is 1. The minimum absolute atomic E-state index is 0.0823. The molecule has 1 N–H and O–H groups in total. The van der Waals surface area contributed by atoms with Crippen LogP contribution in [-0.2, 0) is 11.3 Å². The van der Waals surface area contributed by atoms with Crippen LogP contribution in [0.1, 0.15) is 29.0 Å². The van der Waals surface area contributed by atoms with E-state index in [1.54, 1.807) is 39.3 Å². The van der Waals surface area contributed by atoms with Gasteiger partial charge in [0.2, 0.25) is 5.91 Å². The molecule has 0 saturated carbocycles. The first-order valence-corrected chi connectivity index (χ1v) is 12.0. The summed E-state index contributed by atoms with van der Waals surface area (Å²) in [4.78, 5) is 15.7. The smallest absolute Gasteiger partial charge is 0.228 e. The number of benzene rings is 3. The lowest BCUT2D eigenvalue weighted by atomic mass is 9.83. The van der Waals surface area contributed by atoms with Crippen molar-refractivity contribution in [3.8, 4) is 11.5 Å². The van der Waals surface area contributed by atoms with Gasteiger partial charge < -0.3 is 14.8 Å². The van der Waals surface area contributed by atoms with Crippen molar-refractivity contribution in [3.05, 3.63) is 88.2 Å².